The molecule has 6 nitrogen and oxygen atoms in total. The normalized spacial score (nSPS) is 11.9. The number of carbonyl (C=O) groups is 2. The van der Waals surface area contributed by atoms with Gasteiger partial charge in [0.25, 0.3) is 0 Å². The van der Waals surface area contributed by atoms with E-state index in [0.717, 1.165) is 0 Å². The van der Waals surface area contributed by atoms with Crippen molar-refractivity contribution in [3.63, 3.8) is 0 Å². The van der Waals surface area contributed by atoms with Crippen LogP contribution in [0.5, 0.6) is 0 Å². The van der Waals surface area contributed by atoms with Gasteiger partial charge in [-0.05, 0) is 19.8 Å². The Morgan fingerprint density at radius 2 is 2.00 bits per heavy atom. The number of nitrogens with zero attached hydrogens (tertiary/aromatic N) is 1. The number of aliphatic carboxylic acids is 1. The Labute approximate surface area is 102 Å². The van der Waals surface area contributed by atoms with E-state index in [1.165, 1.54) is 0 Å². The lowest BCUT2D eigenvalue weighted by Gasteiger charge is -2.22. The van der Waals surface area contributed by atoms with Crippen molar-refractivity contribution in [2.45, 2.75) is 26.7 Å². The van der Waals surface area contributed by atoms with E-state index in [-0.39, 0.29) is 19.2 Å². The molecule has 0 aromatic heterocycles. The number of aliphatic hydroxyl groups is 1. The van der Waals surface area contributed by atoms with Crippen LogP contribution < -0.4 is 5.32 Å². The first kappa shape index (κ1) is 15.7. The Morgan fingerprint density at radius 3 is 2.41 bits per heavy atom. The average molecular weight is 246 g/mol. The van der Waals surface area contributed by atoms with Gasteiger partial charge in [-0.3, -0.25) is 4.79 Å². The van der Waals surface area contributed by atoms with Crippen molar-refractivity contribution in [3.8, 4) is 0 Å². The summed E-state index contributed by atoms with van der Waals surface area (Å²) in [6, 6.07) is -0.277. The summed E-state index contributed by atoms with van der Waals surface area (Å²) in [5.41, 5.74) is 0. The molecule has 0 rings (SSSR count). The van der Waals surface area contributed by atoms with Crippen molar-refractivity contribution < 1.29 is 19.8 Å². The molecule has 0 spiro atoms. The minimum atomic E-state index is -0.897. The molecule has 3 N–H and O–H groups in total. The summed E-state index contributed by atoms with van der Waals surface area (Å²) in [5, 5.41) is 20.1. The maximum absolute atomic E-state index is 11.7. The molecule has 0 bridgehead atoms. The third-order valence-corrected chi connectivity index (χ3v) is 2.60. The number of hydrogen-bond donors (Lipinski definition) is 3. The highest BCUT2D eigenvalue weighted by atomic mass is 16.4. The molecule has 1 unspecified atom stereocenters. The molecule has 17 heavy (non-hydrogen) atoms. The van der Waals surface area contributed by atoms with Crippen LogP contribution in [0.2, 0.25) is 0 Å². The number of amides is 2. The molecule has 6 heteroatoms. The van der Waals surface area contributed by atoms with E-state index in [1.807, 2.05) is 6.92 Å². The van der Waals surface area contributed by atoms with Crippen molar-refractivity contribution in [2.24, 2.45) is 5.92 Å². The number of carbonyl (C=O) groups excluding carboxylic acids is 1. The van der Waals surface area contributed by atoms with Crippen molar-refractivity contribution >= 4 is 12.0 Å². The molecule has 0 aliphatic rings. The number of hydrogen-bond acceptors (Lipinski definition) is 3. The SMILES string of the molecule is CCC(CNC(=O)N(CC)CCCO)C(=O)O. The molecule has 1 atom stereocenters. The molecule has 0 saturated carbocycles. The van der Waals surface area contributed by atoms with Crippen LogP contribution in [0.1, 0.15) is 26.7 Å². The summed E-state index contributed by atoms with van der Waals surface area (Å²) in [6.07, 6.45) is 1.01. The van der Waals surface area contributed by atoms with Gasteiger partial charge in [-0.1, -0.05) is 6.92 Å². The molecule has 0 aromatic carbocycles. The molecule has 100 valence electrons. The smallest absolute Gasteiger partial charge is 0.317 e. The third-order valence-electron chi connectivity index (χ3n) is 2.60. The van der Waals surface area contributed by atoms with E-state index in [9.17, 15) is 9.59 Å². The van der Waals surface area contributed by atoms with Gasteiger partial charge in [0.1, 0.15) is 0 Å². The van der Waals surface area contributed by atoms with Crippen LogP contribution in [0.15, 0.2) is 0 Å². The van der Waals surface area contributed by atoms with Crippen LogP contribution in [0.4, 0.5) is 4.79 Å². The van der Waals surface area contributed by atoms with Gasteiger partial charge >= 0.3 is 12.0 Å². The molecular formula is C11H22N2O4. The highest BCUT2D eigenvalue weighted by Gasteiger charge is 2.17. The number of rotatable bonds is 8. The second-order valence-electron chi connectivity index (χ2n) is 3.79. The minimum Gasteiger partial charge on any atom is -0.481 e. The predicted octanol–water partition coefficient (Wildman–Crippen LogP) is 0.511. The first-order valence-corrected chi connectivity index (χ1v) is 5.93. The van der Waals surface area contributed by atoms with Crippen LogP contribution in [0.3, 0.4) is 0 Å². The molecule has 0 aromatic rings. The number of carboxylic acids is 1. The Kier molecular flexibility index (Phi) is 8.13. The number of nitrogens with one attached hydrogen (secondary N) is 1. The quantitative estimate of drug-likeness (QED) is 0.582. The van der Waals surface area contributed by atoms with Gasteiger partial charge in [0.05, 0.1) is 5.92 Å². The minimum absolute atomic E-state index is 0.0382. The fraction of sp³-hybridized carbons (Fsp3) is 0.818. The monoisotopic (exact) mass is 246 g/mol. The van der Waals surface area contributed by atoms with Gasteiger partial charge in [-0.2, -0.15) is 0 Å². The van der Waals surface area contributed by atoms with Crippen LogP contribution in [-0.4, -0.2) is 53.4 Å². The molecule has 0 saturated heterocycles. The van der Waals surface area contributed by atoms with Gasteiger partial charge in [0.15, 0.2) is 0 Å². The van der Waals surface area contributed by atoms with Crippen molar-refractivity contribution in [2.75, 3.05) is 26.2 Å². The van der Waals surface area contributed by atoms with Gasteiger partial charge in [0.2, 0.25) is 0 Å². The largest absolute Gasteiger partial charge is 0.481 e. The van der Waals surface area contributed by atoms with Crippen LogP contribution in [0, 0.1) is 5.92 Å². The topological polar surface area (TPSA) is 89.9 Å². The highest BCUT2D eigenvalue weighted by Crippen LogP contribution is 2.01. The lowest BCUT2D eigenvalue weighted by Crippen LogP contribution is -2.43. The fourth-order valence-electron chi connectivity index (χ4n) is 1.39. The van der Waals surface area contributed by atoms with Gasteiger partial charge < -0.3 is 20.4 Å². The second-order valence-corrected chi connectivity index (χ2v) is 3.79. The summed E-state index contributed by atoms with van der Waals surface area (Å²) in [7, 11) is 0. The van der Waals surface area contributed by atoms with E-state index in [1.54, 1.807) is 11.8 Å². The van der Waals surface area contributed by atoms with Gasteiger partial charge in [-0.15, -0.1) is 0 Å². The van der Waals surface area contributed by atoms with Crippen molar-refractivity contribution in [1.82, 2.24) is 10.2 Å². The van der Waals surface area contributed by atoms with Crippen LogP contribution >= 0.6 is 0 Å². The Morgan fingerprint density at radius 1 is 1.35 bits per heavy atom. The standard InChI is InChI=1S/C11H22N2O4/c1-3-9(10(15)16)8-12-11(17)13(4-2)6-5-7-14/h9,14H,3-8H2,1-2H3,(H,12,17)(H,15,16). The van der Waals surface area contributed by atoms with Gasteiger partial charge in [0, 0.05) is 26.2 Å². The zero-order chi connectivity index (χ0) is 13.3. The molecule has 0 aliphatic carbocycles. The van der Waals surface area contributed by atoms with Crippen molar-refractivity contribution in [3.05, 3.63) is 0 Å². The Balaban J connectivity index is 4.08. The molecule has 0 aliphatic heterocycles. The fourth-order valence-corrected chi connectivity index (χ4v) is 1.39. The van der Waals surface area contributed by atoms with Crippen LogP contribution in [0.25, 0.3) is 0 Å². The first-order valence-electron chi connectivity index (χ1n) is 5.93. The lowest BCUT2D eigenvalue weighted by molar-refractivity contribution is -0.141. The van der Waals surface area contributed by atoms with Crippen LogP contribution in [-0.2, 0) is 4.79 Å². The summed E-state index contributed by atoms with van der Waals surface area (Å²) < 4.78 is 0. The second kappa shape index (κ2) is 8.81. The van der Waals surface area contributed by atoms with E-state index < -0.39 is 11.9 Å². The average Bonchev–Trinajstić information content (AvgIpc) is 2.30. The Hall–Kier alpha value is -1.30. The maximum Gasteiger partial charge on any atom is 0.317 e. The molecule has 2 amide bonds. The van der Waals surface area contributed by atoms with E-state index in [4.69, 9.17) is 10.2 Å². The van der Waals surface area contributed by atoms with E-state index >= 15 is 0 Å². The van der Waals surface area contributed by atoms with Crippen molar-refractivity contribution in [1.29, 1.82) is 0 Å². The molecule has 0 fully saturated rings. The van der Waals surface area contributed by atoms with E-state index in [0.29, 0.717) is 25.9 Å². The zero-order valence-corrected chi connectivity index (χ0v) is 10.5. The summed E-state index contributed by atoms with van der Waals surface area (Å²) in [5.74, 6) is -1.44. The molecule has 0 radical (unpaired) electrons. The number of carboxylic acid groups (broad SMARTS) is 1. The number of urea groups is 1. The number of aliphatic hydroxyl groups excluding tert-OH is 1. The van der Waals surface area contributed by atoms with Gasteiger partial charge in [-0.25, -0.2) is 4.79 Å². The molecular weight excluding hydrogens is 224 g/mol. The van der Waals surface area contributed by atoms with E-state index in [2.05, 4.69) is 5.32 Å². The Bertz CT molecular complexity index is 246. The summed E-state index contributed by atoms with van der Waals surface area (Å²) >= 11 is 0. The highest BCUT2D eigenvalue weighted by molar-refractivity contribution is 5.76. The third kappa shape index (κ3) is 6.11. The maximum atomic E-state index is 11.7. The zero-order valence-electron chi connectivity index (χ0n) is 10.5. The lowest BCUT2D eigenvalue weighted by atomic mass is 10.1. The first-order chi connectivity index (χ1) is 8.06. The molecule has 0 heterocycles. The summed E-state index contributed by atoms with van der Waals surface area (Å²) in [4.78, 5) is 24.0. The summed E-state index contributed by atoms with van der Waals surface area (Å²) in [6.45, 7) is 4.80. The predicted molar refractivity (Wildman–Crippen MR) is 63.8 cm³/mol.